The third-order valence-corrected chi connectivity index (χ3v) is 2.73. The fraction of sp³-hybridized carbons (Fsp3) is 0.273. The molecule has 0 unspecified atom stereocenters. The number of hydrogen-bond donors (Lipinski definition) is 1. The normalized spacial score (nSPS) is 9.50. The molecule has 1 N–H and O–H groups in total. The first-order chi connectivity index (χ1) is 6.74. The van der Waals surface area contributed by atoms with Gasteiger partial charge in [0.2, 0.25) is 0 Å². The van der Waals surface area contributed by atoms with Crippen LogP contribution in [-0.2, 0) is 0 Å². The van der Waals surface area contributed by atoms with Crippen LogP contribution < -0.4 is 5.32 Å². The van der Waals surface area contributed by atoms with E-state index in [-0.39, 0.29) is 0 Å². The minimum Gasteiger partial charge on any atom is -0.384 e. The highest BCUT2D eigenvalue weighted by molar-refractivity contribution is 14.1. The number of benzene rings is 1. The molecule has 1 aromatic carbocycles. The lowest BCUT2D eigenvalue weighted by Gasteiger charge is -2.07. The van der Waals surface area contributed by atoms with E-state index in [1.807, 2.05) is 18.2 Å². The lowest BCUT2D eigenvalue weighted by molar-refractivity contribution is 0.907. The zero-order chi connectivity index (χ0) is 10.4. The summed E-state index contributed by atoms with van der Waals surface area (Å²) in [6, 6.07) is 5.95. The first kappa shape index (κ1) is 11.7. The van der Waals surface area contributed by atoms with Crippen LogP contribution >= 0.6 is 34.2 Å². The molecule has 0 fully saturated rings. The van der Waals surface area contributed by atoms with Crippen molar-refractivity contribution < 1.29 is 0 Å². The molecule has 1 nitrogen and oxygen atoms in total. The van der Waals surface area contributed by atoms with Gasteiger partial charge in [-0.05, 0) is 47.2 Å². The fourth-order valence-corrected chi connectivity index (χ4v) is 1.97. The number of terminal acetylenes is 1. The minimum atomic E-state index is 0.762. The molecule has 0 saturated heterocycles. The van der Waals surface area contributed by atoms with E-state index in [2.05, 4.69) is 33.8 Å². The average Bonchev–Trinajstić information content (AvgIpc) is 2.15. The summed E-state index contributed by atoms with van der Waals surface area (Å²) in [5, 5.41) is 4.01. The van der Waals surface area contributed by atoms with Gasteiger partial charge in [-0.1, -0.05) is 11.6 Å². The molecule has 0 amide bonds. The SMILES string of the molecule is C#CCCCNc1ccc(I)cc1Cl. The Labute approximate surface area is 103 Å². The van der Waals surface area contributed by atoms with Crippen molar-refractivity contribution in [2.45, 2.75) is 12.8 Å². The maximum atomic E-state index is 6.03. The predicted octanol–water partition coefficient (Wildman–Crippen LogP) is 3.77. The number of hydrogen-bond acceptors (Lipinski definition) is 1. The highest BCUT2D eigenvalue weighted by Gasteiger charge is 1.98. The molecule has 1 rings (SSSR count). The number of rotatable bonds is 4. The lowest BCUT2D eigenvalue weighted by atomic mass is 10.3. The number of halogens is 2. The molecule has 1 aromatic rings. The van der Waals surface area contributed by atoms with E-state index in [0.717, 1.165) is 33.7 Å². The predicted molar refractivity (Wildman–Crippen MR) is 70.7 cm³/mol. The summed E-state index contributed by atoms with van der Waals surface area (Å²) in [5.74, 6) is 2.60. The quantitative estimate of drug-likeness (QED) is 0.506. The highest BCUT2D eigenvalue weighted by Crippen LogP contribution is 2.23. The number of unbranched alkanes of at least 4 members (excludes halogenated alkanes) is 1. The lowest BCUT2D eigenvalue weighted by Crippen LogP contribution is -2.01. The molecule has 0 atom stereocenters. The Kier molecular flexibility index (Phi) is 5.13. The van der Waals surface area contributed by atoms with Crippen molar-refractivity contribution in [3.8, 4) is 12.3 Å². The van der Waals surface area contributed by atoms with E-state index in [9.17, 15) is 0 Å². The molecule has 0 radical (unpaired) electrons. The van der Waals surface area contributed by atoms with Crippen molar-refractivity contribution >= 4 is 39.9 Å². The van der Waals surface area contributed by atoms with Gasteiger partial charge < -0.3 is 5.32 Å². The smallest absolute Gasteiger partial charge is 0.0648 e. The van der Waals surface area contributed by atoms with Crippen molar-refractivity contribution in [3.63, 3.8) is 0 Å². The van der Waals surface area contributed by atoms with Gasteiger partial charge in [0.1, 0.15) is 0 Å². The second-order valence-corrected chi connectivity index (χ2v) is 4.51. The maximum absolute atomic E-state index is 6.03. The summed E-state index contributed by atoms with van der Waals surface area (Å²) in [5.41, 5.74) is 0.976. The van der Waals surface area contributed by atoms with Crippen LogP contribution in [0.2, 0.25) is 5.02 Å². The van der Waals surface area contributed by atoms with Crippen LogP contribution in [0.15, 0.2) is 18.2 Å². The Balaban J connectivity index is 2.47. The van der Waals surface area contributed by atoms with E-state index in [1.165, 1.54) is 0 Å². The molecule has 0 bridgehead atoms. The number of nitrogens with one attached hydrogen (secondary N) is 1. The summed E-state index contributed by atoms with van der Waals surface area (Å²) >= 11 is 8.27. The molecule has 0 spiro atoms. The Hall–Kier alpha value is -0.400. The van der Waals surface area contributed by atoms with Gasteiger partial charge >= 0.3 is 0 Å². The fourth-order valence-electron chi connectivity index (χ4n) is 1.05. The van der Waals surface area contributed by atoms with Gasteiger partial charge in [-0.3, -0.25) is 0 Å². The van der Waals surface area contributed by atoms with Crippen LogP contribution in [0.3, 0.4) is 0 Å². The van der Waals surface area contributed by atoms with E-state index in [4.69, 9.17) is 18.0 Å². The van der Waals surface area contributed by atoms with Gasteiger partial charge in [-0.15, -0.1) is 12.3 Å². The standard InChI is InChI=1S/C11H11ClIN/c1-2-3-4-7-14-11-6-5-9(13)8-10(11)12/h1,5-6,8,14H,3-4,7H2. The van der Waals surface area contributed by atoms with Crippen LogP contribution in [0.5, 0.6) is 0 Å². The van der Waals surface area contributed by atoms with Gasteiger partial charge in [0.25, 0.3) is 0 Å². The van der Waals surface area contributed by atoms with Crippen molar-refractivity contribution in [2.24, 2.45) is 0 Å². The van der Waals surface area contributed by atoms with Crippen LogP contribution in [0.4, 0.5) is 5.69 Å². The first-order valence-corrected chi connectivity index (χ1v) is 5.82. The zero-order valence-electron chi connectivity index (χ0n) is 7.69. The first-order valence-electron chi connectivity index (χ1n) is 4.36. The summed E-state index contributed by atoms with van der Waals surface area (Å²) in [6.07, 6.45) is 6.92. The van der Waals surface area contributed by atoms with E-state index in [1.54, 1.807) is 0 Å². The third kappa shape index (κ3) is 3.77. The third-order valence-electron chi connectivity index (χ3n) is 1.74. The Morgan fingerprint density at radius 3 is 2.93 bits per heavy atom. The van der Waals surface area contributed by atoms with Gasteiger partial charge in [-0.2, -0.15) is 0 Å². The Morgan fingerprint density at radius 2 is 2.29 bits per heavy atom. The molecular weight excluding hydrogens is 308 g/mol. The summed E-state index contributed by atoms with van der Waals surface area (Å²) in [7, 11) is 0. The van der Waals surface area contributed by atoms with Gasteiger partial charge in [-0.25, -0.2) is 0 Å². The van der Waals surface area contributed by atoms with Crippen molar-refractivity contribution in [1.29, 1.82) is 0 Å². The molecule has 0 aromatic heterocycles. The molecule has 0 aliphatic rings. The van der Waals surface area contributed by atoms with E-state index in [0.29, 0.717) is 0 Å². The molecule has 74 valence electrons. The topological polar surface area (TPSA) is 12.0 Å². The van der Waals surface area contributed by atoms with Crippen molar-refractivity contribution in [1.82, 2.24) is 0 Å². The number of anilines is 1. The second kappa shape index (κ2) is 6.15. The van der Waals surface area contributed by atoms with Crippen LogP contribution in [0.25, 0.3) is 0 Å². The highest BCUT2D eigenvalue weighted by atomic mass is 127. The second-order valence-electron chi connectivity index (χ2n) is 2.86. The maximum Gasteiger partial charge on any atom is 0.0648 e. The molecule has 0 heterocycles. The Bertz CT molecular complexity index is 344. The summed E-state index contributed by atoms with van der Waals surface area (Å²) < 4.78 is 1.14. The van der Waals surface area contributed by atoms with Gasteiger partial charge in [0, 0.05) is 16.5 Å². The minimum absolute atomic E-state index is 0.762. The largest absolute Gasteiger partial charge is 0.384 e. The summed E-state index contributed by atoms with van der Waals surface area (Å²) in [4.78, 5) is 0. The Morgan fingerprint density at radius 1 is 1.50 bits per heavy atom. The van der Waals surface area contributed by atoms with Crippen LogP contribution in [-0.4, -0.2) is 6.54 Å². The van der Waals surface area contributed by atoms with Crippen LogP contribution in [0.1, 0.15) is 12.8 Å². The van der Waals surface area contributed by atoms with Gasteiger partial charge in [0.05, 0.1) is 10.7 Å². The molecule has 14 heavy (non-hydrogen) atoms. The van der Waals surface area contributed by atoms with Crippen molar-refractivity contribution in [3.05, 3.63) is 26.8 Å². The van der Waals surface area contributed by atoms with Gasteiger partial charge in [0.15, 0.2) is 0 Å². The van der Waals surface area contributed by atoms with Crippen LogP contribution in [0, 0.1) is 15.9 Å². The van der Waals surface area contributed by atoms with E-state index < -0.39 is 0 Å². The summed E-state index contributed by atoms with van der Waals surface area (Å²) in [6.45, 7) is 0.866. The molecular formula is C11H11ClIN. The zero-order valence-corrected chi connectivity index (χ0v) is 10.6. The van der Waals surface area contributed by atoms with Crippen molar-refractivity contribution in [2.75, 3.05) is 11.9 Å². The monoisotopic (exact) mass is 319 g/mol. The van der Waals surface area contributed by atoms with E-state index >= 15 is 0 Å². The average molecular weight is 320 g/mol. The molecule has 0 saturated carbocycles. The molecule has 3 heteroatoms. The molecule has 0 aliphatic heterocycles. The molecule has 0 aliphatic carbocycles.